The quantitative estimate of drug-likeness (QED) is 0.641. The van der Waals surface area contributed by atoms with E-state index in [1.807, 2.05) is 6.20 Å². The molecule has 0 bridgehead atoms. The molecule has 0 aliphatic carbocycles. The van der Waals surface area contributed by atoms with Crippen molar-refractivity contribution in [2.75, 3.05) is 6.54 Å². The Hall–Kier alpha value is -1.34. The molecule has 0 aromatic carbocycles. The number of fused-ring (bicyclic) bond motifs is 1. The van der Waals surface area contributed by atoms with Crippen LogP contribution in [0, 0.1) is 11.3 Å². The first-order valence-corrected chi connectivity index (χ1v) is 5.22. The first-order chi connectivity index (χ1) is 7.00. The Bertz CT molecular complexity index is 405. The van der Waals surface area contributed by atoms with E-state index >= 15 is 0 Å². The van der Waals surface area contributed by atoms with Crippen LogP contribution in [0.25, 0.3) is 0 Å². The SMILES string of the molecule is CC(C)(C)N1CCn2cc(C#N)nc2C1. The number of nitriles is 1. The number of aromatic nitrogens is 2. The fourth-order valence-corrected chi connectivity index (χ4v) is 1.88. The van der Waals surface area contributed by atoms with Gasteiger partial charge in [-0.3, -0.25) is 4.90 Å². The van der Waals surface area contributed by atoms with Crippen LogP contribution in [0.15, 0.2) is 6.20 Å². The van der Waals surface area contributed by atoms with E-state index in [-0.39, 0.29) is 5.54 Å². The van der Waals surface area contributed by atoms with Gasteiger partial charge in [0.25, 0.3) is 0 Å². The van der Waals surface area contributed by atoms with Gasteiger partial charge in [-0.2, -0.15) is 5.26 Å². The van der Waals surface area contributed by atoms with Crippen LogP contribution in [0.1, 0.15) is 32.3 Å². The zero-order valence-corrected chi connectivity index (χ0v) is 9.49. The van der Waals surface area contributed by atoms with Gasteiger partial charge in [0, 0.05) is 24.8 Å². The van der Waals surface area contributed by atoms with Crippen molar-refractivity contribution in [3.63, 3.8) is 0 Å². The summed E-state index contributed by atoms with van der Waals surface area (Å²) in [5, 5.41) is 8.77. The minimum absolute atomic E-state index is 0.171. The minimum atomic E-state index is 0.171. The fourth-order valence-electron chi connectivity index (χ4n) is 1.88. The highest BCUT2D eigenvalue weighted by atomic mass is 15.3. The fraction of sp³-hybridized carbons (Fsp3) is 0.636. The number of nitrogens with zero attached hydrogens (tertiary/aromatic N) is 4. The summed E-state index contributed by atoms with van der Waals surface area (Å²) in [7, 11) is 0. The van der Waals surface area contributed by atoms with Crippen molar-refractivity contribution < 1.29 is 0 Å². The van der Waals surface area contributed by atoms with Crippen molar-refractivity contribution in [2.45, 2.75) is 39.4 Å². The molecule has 2 rings (SSSR count). The van der Waals surface area contributed by atoms with Crippen molar-refractivity contribution >= 4 is 0 Å². The van der Waals surface area contributed by atoms with Gasteiger partial charge in [0.1, 0.15) is 11.9 Å². The standard InChI is InChI=1S/C11H16N4/c1-11(2,3)15-5-4-14-7-9(6-12)13-10(14)8-15/h7H,4-5,8H2,1-3H3. The summed E-state index contributed by atoms with van der Waals surface area (Å²) in [6.45, 7) is 9.41. The van der Waals surface area contributed by atoms with Crippen molar-refractivity contribution in [3.8, 4) is 6.07 Å². The lowest BCUT2D eigenvalue weighted by molar-refractivity contribution is 0.100. The van der Waals surface area contributed by atoms with Crippen molar-refractivity contribution in [2.24, 2.45) is 0 Å². The van der Waals surface area contributed by atoms with Gasteiger partial charge in [-0.25, -0.2) is 4.98 Å². The second kappa shape index (κ2) is 3.35. The van der Waals surface area contributed by atoms with Crippen LogP contribution >= 0.6 is 0 Å². The molecule has 1 aliphatic rings. The van der Waals surface area contributed by atoms with Crippen LogP contribution in [0.3, 0.4) is 0 Å². The van der Waals surface area contributed by atoms with Gasteiger partial charge in [-0.15, -0.1) is 0 Å². The molecule has 0 spiro atoms. The van der Waals surface area contributed by atoms with Gasteiger partial charge in [0.05, 0.1) is 6.54 Å². The molecule has 0 radical (unpaired) electrons. The molecule has 1 aliphatic heterocycles. The highest BCUT2D eigenvalue weighted by Gasteiger charge is 2.26. The molecular weight excluding hydrogens is 188 g/mol. The Balaban J connectivity index is 2.24. The van der Waals surface area contributed by atoms with Crippen LogP contribution in [0.2, 0.25) is 0 Å². The van der Waals surface area contributed by atoms with Crippen molar-refractivity contribution in [3.05, 3.63) is 17.7 Å². The van der Waals surface area contributed by atoms with E-state index in [0.29, 0.717) is 5.69 Å². The van der Waals surface area contributed by atoms with Gasteiger partial charge < -0.3 is 4.57 Å². The third-order valence-corrected chi connectivity index (χ3v) is 2.87. The predicted molar refractivity (Wildman–Crippen MR) is 57.1 cm³/mol. The number of hydrogen-bond acceptors (Lipinski definition) is 3. The molecule has 4 heteroatoms. The lowest BCUT2D eigenvalue weighted by atomic mass is 10.1. The molecule has 1 aromatic heterocycles. The third kappa shape index (κ3) is 1.88. The molecule has 0 atom stereocenters. The molecule has 2 heterocycles. The average molecular weight is 204 g/mol. The summed E-state index contributed by atoms with van der Waals surface area (Å²) in [4.78, 5) is 6.68. The predicted octanol–water partition coefficient (Wildman–Crippen LogP) is 1.37. The lowest BCUT2D eigenvalue weighted by Crippen LogP contribution is -2.45. The smallest absolute Gasteiger partial charge is 0.158 e. The Morgan fingerprint density at radius 3 is 2.73 bits per heavy atom. The lowest BCUT2D eigenvalue weighted by Gasteiger charge is -2.38. The summed E-state index contributed by atoms with van der Waals surface area (Å²) in [6.07, 6.45) is 1.84. The van der Waals surface area contributed by atoms with E-state index < -0.39 is 0 Å². The largest absolute Gasteiger partial charge is 0.331 e. The third-order valence-electron chi connectivity index (χ3n) is 2.87. The van der Waals surface area contributed by atoms with Crippen molar-refractivity contribution in [1.82, 2.24) is 14.5 Å². The summed E-state index contributed by atoms with van der Waals surface area (Å²) in [6, 6.07) is 2.09. The summed E-state index contributed by atoms with van der Waals surface area (Å²) >= 11 is 0. The molecule has 0 saturated carbocycles. The Morgan fingerprint density at radius 1 is 1.40 bits per heavy atom. The van der Waals surface area contributed by atoms with Gasteiger partial charge >= 0.3 is 0 Å². The highest BCUT2D eigenvalue weighted by Crippen LogP contribution is 2.20. The zero-order valence-electron chi connectivity index (χ0n) is 9.49. The highest BCUT2D eigenvalue weighted by molar-refractivity contribution is 5.19. The molecule has 80 valence electrons. The summed E-state index contributed by atoms with van der Waals surface area (Å²) < 4.78 is 2.08. The van der Waals surface area contributed by atoms with E-state index in [1.165, 1.54) is 0 Å². The van der Waals surface area contributed by atoms with Crippen LogP contribution < -0.4 is 0 Å². The second-order valence-electron chi connectivity index (χ2n) is 4.94. The molecule has 0 amide bonds. The first kappa shape index (κ1) is 10.2. The number of hydrogen-bond donors (Lipinski definition) is 0. The van der Waals surface area contributed by atoms with E-state index in [4.69, 9.17) is 5.26 Å². The Kier molecular flexibility index (Phi) is 2.28. The van der Waals surface area contributed by atoms with E-state index in [1.54, 1.807) is 0 Å². The Labute approximate surface area is 90.1 Å². The average Bonchev–Trinajstić information content (AvgIpc) is 2.57. The summed E-state index contributed by atoms with van der Waals surface area (Å²) in [5.74, 6) is 1.01. The number of imidazole rings is 1. The van der Waals surface area contributed by atoms with Gasteiger partial charge in [-0.1, -0.05) is 0 Å². The van der Waals surface area contributed by atoms with Crippen LogP contribution in [-0.2, 0) is 13.1 Å². The van der Waals surface area contributed by atoms with Crippen molar-refractivity contribution in [1.29, 1.82) is 5.26 Å². The van der Waals surface area contributed by atoms with Crippen LogP contribution in [0.4, 0.5) is 0 Å². The minimum Gasteiger partial charge on any atom is -0.331 e. The Morgan fingerprint density at radius 2 is 2.13 bits per heavy atom. The molecule has 4 nitrogen and oxygen atoms in total. The molecule has 1 aromatic rings. The molecule has 0 N–H and O–H groups in total. The van der Waals surface area contributed by atoms with Gasteiger partial charge in [-0.05, 0) is 20.8 Å². The van der Waals surface area contributed by atoms with E-state index in [2.05, 4.69) is 41.3 Å². The molecule has 0 unspecified atom stereocenters. The molecule has 0 saturated heterocycles. The molecule has 15 heavy (non-hydrogen) atoms. The first-order valence-electron chi connectivity index (χ1n) is 5.22. The summed E-state index contributed by atoms with van der Waals surface area (Å²) in [5.41, 5.74) is 0.699. The number of rotatable bonds is 0. The molecule has 0 fully saturated rings. The van der Waals surface area contributed by atoms with E-state index in [9.17, 15) is 0 Å². The van der Waals surface area contributed by atoms with Gasteiger partial charge in [0.15, 0.2) is 5.69 Å². The monoisotopic (exact) mass is 204 g/mol. The molecular formula is C11H16N4. The van der Waals surface area contributed by atoms with Gasteiger partial charge in [0.2, 0.25) is 0 Å². The van der Waals surface area contributed by atoms with Crippen LogP contribution in [-0.4, -0.2) is 26.5 Å². The topological polar surface area (TPSA) is 44.9 Å². The zero-order chi connectivity index (χ0) is 11.1. The van der Waals surface area contributed by atoms with E-state index in [0.717, 1.165) is 25.5 Å². The normalized spacial score (nSPS) is 17.2. The second-order valence-corrected chi connectivity index (χ2v) is 4.94. The maximum atomic E-state index is 8.77. The van der Waals surface area contributed by atoms with Crippen LogP contribution in [0.5, 0.6) is 0 Å². The maximum absolute atomic E-state index is 8.77. The maximum Gasteiger partial charge on any atom is 0.158 e.